The van der Waals surface area contributed by atoms with Crippen LogP contribution in [0.25, 0.3) is 0 Å². The molecule has 106 valence electrons. The molecule has 0 aromatic heterocycles. The number of benzene rings is 2. The molecule has 0 saturated heterocycles. The molecule has 0 heterocycles. The number of rotatable bonds is 4. The molecular formula is C14H15FN2O2S. The van der Waals surface area contributed by atoms with E-state index in [1.54, 1.807) is 31.2 Å². The Labute approximate surface area is 117 Å². The fourth-order valence-corrected chi connectivity index (χ4v) is 3.16. The summed E-state index contributed by atoms with van der Waals surface area (Å²) in [6, 6.07) is 11.3. The smallest absolute Gasteiger partial charge is 0.241 e. The Balaban J connectivity index is 2.27. The normalized spacial score (nSPS) is 13.1. The predicted octanol–water partition coefficient (Wildman–Crippen LogP) is 2.45. The van der Waals surface area contributed by atoms with Crippen molar-refractivity contribution < 1.29 is 12.8 Å². The largest absolute Gasteiger partial charge is 0.398 e. The third kappa shape index (κ3) is 3.15. The van der Waals surface area contributed by atoms with Gasteiger partial charge in [0.15, 0.2) is 0 Å². The average Bonchev–Trinajstić information content (AvgIpc) is 2.38. The molecule has 0 aliphatic rings. The highest BCUT2D eigenvalue weighted by atomic mass is 32.2. The lowest BCUT2D eigenvalue weighted by Crippen LogP contribution is -2.27. The minimum absolute atomic E-state index is 0.112. The van der Waals surface area contributed by atoms with E-state index in [9.17, 15) is 12.8 Å². The molecule has 2 rings (SSSR count). The molecule has 0 aliphatic carbocycles. The van der Waals surface area contributed by atoms with E-state index in [1.807, 2.05) is 0 Å². The molecule has 0 saturated carbocycles. The van der Waals surface area contributed by atoms with Crippen LogP contribution < -0.4 is 10.5 Å². The Morgan fingerprint density at radius 2 is 1.85 bits per heavy atom. The summed E-state index contributed by atoms with van der Waals surface area (Å²) in [5, 5.41) is 0. The van der Waals surface area contributed by atoms with Crippen LogP contribution in [-0.4, -0.2) is 8.42 Å². The lowest BCUT2D eigenvalue weighted by molar-refractivity contribution is 0.564. The summed E-state index contributed by atoms with van der Waals surface area (Å²) in [6.07, 6.45) is 0. The maximum atomic E-state index is 13.1. The number of hydrogen-bond donors (Lipinski definition) is 2. The van der Waals surface area contributed by atoms with E-state index in [4.69, 9.17) is 5.73 Å². The van der Waals surface area contributed by atoms with E-state index >= 15 is 0 Å². The topological polar surface area (TPSA) is 72.2 Å². The van der Waals surface area contributed by atoms with Crippen molar-refractivity contribution in [1.29, 1.82) is 0 Å². The van der Waals surface area contributed by atoms with Crippen molar-refractivity contribution >= 4 is 15.7 Å². The summed E-state index contributed by atoms with van der Waals surface area (Å²) >= 11 is 0. The Hall–Kier alpha value is -1.92. The highest BCUT2D eigenvalue weighted by Gasteiger charge is 2.19. The van der Waals surface area contributed by atoms with Gasteiger partial charge in [-0.05, 0) is 36.8 Å². The van der Waals surface area contributed by atoms with Crippen molar-refractivity contribution in [3.8, 4) is 0 Å². The van der Waals surface area contributed by atoms with Gasteiger partial charge in [-0.1, -0.05) is 24.3 Å². The molecule has 4 nitrogen and oxygen atoms in total. The Kier molecular flexibility index (Phi) is 4.06. The zero-order chi connectivity index (χ0) is 14.8. The maximum Gasteiger partial charge on any atom is 0.241 e. The van der Waals surface area contributed by atoms with Crippen molar-refractivity contribution in [2.24, 2.45) is 0 Å². The Morgan fingerprint density at radius 1 is 1.15 bits per heavy atom. The Morgan fingerprint density at radius 3 is 2.50 bits per heavy atom. The lowest BCUT2D eigenvalue weighted by Gasteiger charge is -2.16. The third-order valence-electron chi connectivity index (χ3n) is 2.90. The molecule has 0 radical (unpaired) electrons. The molecule has 0 spiro atoms. The zero-order valence-electron chi connectivity index (χ0n) is 10.9. The van der Waals surface area contributed by atoms with E-state index in [-0.39, 0.29) is 4.90 Å². The predicted molar refractivity (Wildman–Crippen MR) is 76.0 cm³/mol. The molecule has 6 heteroatoms. The van der Waals surface area contributed by atoms with Crippen LogP contribution in [0.2, 0.25) is 0 Å². The monoisotopic (exact) mass is 294 g/mol. The molecule has 2 aromatic rings. The van der Waals surface area contributed by atoms with Crippen LogP contribution in [0, 0.1) is 5.82 Å². The minimum atomic E-state index is -3.79. The summed E-state index contributed by atoms with van der Waals surface area (Å²) in [6.45, 7) is 1.68. The second-order valence-electron chi connectivity index (χ2n) is 4.43. The van der Waals surface area contributed by atoms with Crippen molar-refractivity contribution in [2.75, 3.05) is 5.73 Å². The van der Waals surface area contributed by atoms with E-state index in [1.165, 1.54) is 18.2 Å². The number of sulfonamides is 1. The highest BCUT2D eigenvalue weighted by Crippen LogP contribution is 2.22. The van der Waals surface area contributed by atoms with Gasteiger partial charge in [0.2, 0.25) is 10.0 Å². The van der Waals surface area contributed by atoms with E-state index in [2.05, 4.69) is 4.72 Å². The first-order valence-corrected chi connectivity index (χ1v) is 7.51. The second-order valence-corrected chi connectivity index (χ2v) is 6.14. The van der Waals surface area contributed by atoms with Crippen LogP contribution >= 0.6 is 0 Å². The van der Waals surface area contributed by atoms with Gasteiger partial charge in [0, 0.05) is 11.7 Å². The van der Waals surface area contributed by atoms with Crippen LogP contribution in [0.15, 0.2) is 53.4 Å². The van der Waals surface area contributed by atoms with Crippen molar-refractivity contribution in [2.45, 2.75) is 17.9 Å². The van der Waals surface area contributed by atoms with Gasteiger partial charge in [0.1, 0.15) is 5.82 Å². The van der Waals surface area contributed by atoms with Crippen LogP contribution in [-0.2, 0) is 10.0 Å². The Bertz CT molecular complexity index is 717. The van der Waals surface area contributed by atoms with Crippen LogP contribution in [0.5, 0.6) is 0 Å². The SMILES string of the molecule is CC(NS(=O)(=O)c1cccc(F)c1)c1ccccc1N. The third-order valence-corrected chi connectivity index (χ3v) is 4.44. The number of hydrogen-bond acceptors (Lipinski definition) is 3. The van der Waals surface area contributed by atoms with Gasteiger partial charge in [0.05, 0.1) is 4.90 Å². The lowest BCUT2D eigenvalue weighted by atomic mass is 10.1. The molecule has 0 fully saturated rings. The fraction of sp³-hybridized carbons (Fsp3) is 0.143. The molecule has 2 aromatic carbocycles. The number of halogens is 1. The van der Waals surface area contributed by atoms with Gasteiger partial charge in [-0.25, -0.2) is 17.5 Å². The number of nitrogens with one attached hydrogen (secondary N) is 1. The average molecular weight is 294 g/mol. The maximum absolute atomic E-state index is 13.1. The van der Waals surface area contributed by atoms with Gasteiger partial charge < -0.3 is 5.73 Å². The summed E-state index contributed by atoms with van der Waals surface area (Å²) in [5.74, 6) is -0.597. The van der Waals surface area contributed by atoms with Crippen molar-refractivity contribution in [3.05, 3.63) is 59.9 Å². The molecule has 20 heavy (non-hydrogen) atoms. The van der Waals surface area contributed by atoms with Crippen molar-refractivity contribution in [3.63, 3.8) is 0 Å². The van der Waals surface area contributed by atoms with Crippen molar-refractivity contribution in [1.82, 2.24) is 4.72 Å². The molecule has 0 aliphatic heterocycles. The van der Waals surface area contributed by atoms with Gasteiger partial charge in [-0.2, -0.15) is 0 Å². The van der Waals surface area contributed by atoms with E-state index < -0.39 is 21.9 Å². The number of nitrogens with two attached hydrogens (primary N) is 1. The van der Waals surface area contributed by atoms with Gasteiger partial charge in [-0.15, -0.1) is 0 Å². The molecule has 3 N–H and O–H groups in total. The minimum Gasteiger partial charge on any atom is -0.398 e. The summed E-state index contributed by atoms with van der Waals surface area (Å²) in [4.78, 5) is -0.112. The summed E-state index contributed by atoms with van der Waals surface area (Å²) in [5.41, 5.74) is 6.98. The van der Waals surface area contributed by atoms with Crippen LogP contribution in [0.1, 0.15) is 18.5 Å². The molecule has 0 amide bonds. The zero-order valence-corrected chi connectivity index (χ0v) is 11.7. The fourth-order valence-electron chi connectivity index (χ4n) is 1.90. The number of anilines is 1. The summed E-state index contributed by atoms with van der Waals surface area (Å²) in [7, 11) is -3.79. The standard InChI is InChI=1S/C14H15FN2O2S/c1-10(13-7-2-3-8-14(13)16)17-20(18,19)12-6-4-5-11(15)9-12/h2-10,17H,16H2,1H3. The summed E-state index contributed by atoms with van der Waals surface area (Å²) < 4.78 is 39.9. The number of nitrogen functional groups attached to an aromatic ring is 1. The first-order chi connectivity index (χ1) is 9.40. The quantitative estimate of drug-likeness (QED) is 0.851. The first-order valence-electron chi connectivity index (χ1n) is 6.02. The van der Waals surface area contributed by atoms with E-state index in [0.717, 1.165) is 6.07 Å². The number of para-hydroxylation sites is 1. The van der Waals surface area contributed by atoms with Gasteiger partial charge in [-0.3, -0.25) is 0 Å². The van der Waals surface area contributed by atoms with Gasteiger partial charge >= 0.3 is 0 Å². The van der Waals surface area contributed by atoms with Crippen LogP contribution in [0.3, 0.4) is 0 Å². The molecular weight excluding hydrogens is 279 g/mol. The van der Waals surface area contributed by atoms with Gasteiger partial charge in [0.25, 0.3) is 0 Å². The van der Waals surface area contributed by atoms with E-state index in [0.29, 0.717) is 11.3 Å². The highest BCUT2D eigenvalue weighted by molar-refractivity contribution is 7.89. The first kappa shape index (κ1) is 14.5. The van der Waals surface area contributed by atoms with Crippen LogP contribution in [0.4, 0.5) is 10.1 Å². The molecule has 1 unspecified atom stereocenters. The molecule has 0 bridgehead atoms. The molecule has 1 atom stereocenters. The second kappa shape index (κ2) is 5.60.